The van der Waals surface area contributed by atoms with Crippen LogP contribution in [-0.4, -0.2) is 50.0 Å². The first-order chi connectivity index (χ1) is 16.6. The summed E-state index contributed by atoms with van der Waals surface area (Å²) in [5.74, 6) is 0.199. The molecule has 34 heavy (non-hydrogen) atoms. The Morgan fingerprint density at radius 3 is 2.56 bits per heavy atom. The minimum Gasteiger partial charge on any atom is -0.350 e. The highest BCUT2D eigenvalue weighted by Crippen LogP contribution is 2.30. The van der Waals surface area contributed by atoms with E-state index in [2.05, 4.69) is 31.2 Å². The van der Waals surface area contributed by atoms with Gasteiger partial charge in [0.25, 0.3) is 5.91 Å². The topological polar surface area (TPSA) is 75.9 Å². The van der Waals surface area contributed by atoms with Crippen molar-refractivity contribution < 1.29 is 4.79 Å². The normalized spacial score (nSPS) is 15.4. The molecule has 7 nitrogen and oxygen atoms in total. The van der Waals surface area contributed by atoms with Crippen LogP contribution in [0.5, 0.6) is 0 Å². The monoisotopic (exact) mass is 494 g/mol. The van der Waals surface area contributed by atoms with Crippen LogP contribution in [-0.2, 0) is 0 Å². The molecule has 1 aliphatic heterocycles. The maximum atomic E-state index is 13.4. The molecular weight excluding hydrogens is 471 g/mol. The Morgan fingerprint density at radius 1 is 1.00 bits per heavy atom. The number of carbonyl (C=O) groups is 1. The molecule has 5 rings (SSSR count). The Balaban J connectivity index is 1.46. The molecule has 0 spiro atoms. The third-order valence-corrected chi connectivity index (χ3v) is 6.72. The largest absolute Gasteiger partial charge is 0.350 e. The molecule has 1 N–H and O–H groups in total. The number of rotatable bonds is 6. The lowest BCUT2D eigenvalue weighted by Gasteiger charge is -2.35. The third-order valence-electron chi connectivity index (χ3n) is 6.17. The predicted octanol–water partition coefficient (Wildman–Crippen LogP) is 5.08. The van der Waals surface area contributed by atoms with E-state index in [-0.39, 0.29) is 11.9 Å². The zero-order chi connectivity index (χ0) is 23.5. The summed E-state index contributed by atoms with van der Waals surface area (Å²) in [6.45, 7) is 2.44. The molecule has 1 aromatic carbocycles. The number of pyridine rings is 1. The van der Waals surface area contributed by atoms with E-state index in [4.69, 9.17) is 23.2 Å². The van der Waals surface area contributed by atoms with Crippen LogP contribution in [0.4, 0.5) is 0 Å². The van der Waals surface area contributed by atoms with Crippen molar-refractivity contribution in [2.75, 3.05) is 19.6 Å². The van der Waals surface area contributed by atoms with Crippen molar-refractivity contribution in [3.8, 4) is 5.95 Å². The summed E-state index contributed by atoms with van der Waals surface area (Å²) < 4.78 is 1.69. The molecule has 4 heterocycles. The second-order valence-corrected chi connectivity index (χ2v) is 9.17. The summed E-state index contributed by atoms with van der Waals surface area (Å²) in [7, 11) is 0. The molecule has 174 valence electrons. The minimum absolute atomic E-state index is 0.0300. The molecule has 1 saturated heterocycles. The maximum Gasteiger partial charge on any atom is 0.253 e. The number of carbonyl (C=O) groups excluding carboxylic acids is 1. The highest BCUT2D eigenvalue weighted by Gasteiger charge is 2.25. The summed E-state index contributed by atoms with van der Waals surface area (Å²) in [6.07, 6.45) is 10.1. The first-order valence-electron chi connectivity index (χ1n) is 11.3. The van der Waals surface area contributed by atoms with Crippen LogP contribution in [0.15, 0.2) is 61.2 Å². The molecule has 0 radical (unpaired) electrons. The van der Waals surface area contributed by atoms with Crippen molar-refractivity contribution in [1.82, 2.24) is 29.7 Å². The summed E-state index contributed by atoms with van der Waals surface area (Å²) in [4.78, 5) is 28.9. The molecule has 4 aromatic rings. The molecule has 1 aliphatic rings. The number of fused-ring (bicyclic) bond motifs is 1. The van der Waals surface area contributed by atoms with Gasteiger partial charge in [0.2, 0.25) is 5.95 Å². The standard InChI is InChI=1S/C25H24Cl2N6O/c26-18-7-4-6-17(14-18)21(32-12-2-1-3-13-32)15-31-24(34)19-16-33(25-29-9-5-10-30-25)23-22(19)20(27)8-11-28-23/h4-11,14,16,21H,1-3,12-13,15H2,(H,31,34). The number of benzene rings is 1. The fourth-order valence-corrected chi connectivity index (χ4v) is 4.98. The number of halogens is 2. The molecule has 9 heteroatoms. The van der Waals surface area contributed by atoms with Gasteiger partial charge in [-0.15, -0.1) is 0 Å². The van der Waals surface area contributed by atoms with E-state index in [0.29, 0.717) is 39.1 Å². The van der Waals surface area contributed by atoms with Crippen molar-refractivity contribution in [2.24, 2.45) is 0 Å². The number of aromatic nitrogens is 4. The smallest absolute Gasteiger partial charge is 0.253 e. The van der Waals surface area contributed by atoms with Gasteiger partial charge >= 0.3 is 0 Å². The van der Waals surface area contributed by atoms with E-state index in [1.807, 2.05) is 18.2 Å². The van der Waals surface area contributed by atoms with Crippen LogP contribution >= 0.6 is 23.2 Å². The van der Waals surface area contributed by atoms with Gasteiger partial charge in [-0.05, 0) is 55.8 Å². The first kappa shape index (κ1) is 22.8. The number of piperidine rings is 1. The molecule has 1 atom stereocenters. The summed E-state index contributed by atoms with van der Waals surface area (Å²) in [6, 6.07) is 11.3. The minimum atomic E-state index is -0.224. The van der Waals surface area contributed by atoms with Crippen molar-refractivity contribution in [3.05, 3.63) is 82.4 Å². The van der Waals surface area contributed by atoms with Crippen molar-refractivity contribution >= 4 is 40.1 Å². The van der Waals surface area contributed by atoms with Crippen molar-refractivity contribution in [1.29, 1.82) is 0 Å². The molecule has 1 unspecified atom stereocenters. The molecule has 0 bridgehead atoms. The Bertz CT molecular complexity index is 1300. The second kappa shape index (κ2) is 10.1. The quantitative estimate of drug-likeness (QED) is 0.404. The van der Waals surface area contributed by atoms with E-state index in [9.17, 15) is 4.79 Å². The van der Waals surface area contributed by atoms with Crippen LogP contribution < -0.4 is 5.32 Å². The molecule has 3 aromatic heterocycles. The fourth-order valence-electron chi connectivity index (χ4n) is 4.54. The number of amides is 1. The van der Waals surface area contributed by atoms with E-state index in [1.165, 1.54) is 6.42 Å². The van der Waals surface area contributed by atoms with Crippen LogP contribution in [0.1, 0.15) is 41.2 Å². The molecule has 0 aliphatic carbocycles. The van der Waals surface area contributed by atoms with Gasteiger partial charge in [0.15, 0.2) is 0 Å². The third kappa shape index (κ3) is 4.64. The summed E-state index contributed by atoms with van der Waals surface area (Å²) in [5.41, 5.74) is 2.06. The van der Waals surface area contributed by atoms with Gasteiger partial charge in [0, 0.05) is 36.4 Å². The number of hydrogen-bond donors (Lipinski definition) is 1. The lowest BCUT2D eigenvalue weighted by molar-refractivity contribution is 0.0926. The van der Waals surface area contributed by atoms with Crippen molar-refractivity contribution in [3.63, 3.8) is 0 Å². The van der Waals surface area contributed by atoms with E-state index in [1.54, 1.807) is 41.5 Å². The highest BCUT2D eigenvalue weighted by molar-refractivity contribution is 6.36. The number of likely N-dealkylation sites (tertiary alicyclic amines) is 1. The molecule has 1 amide bonds. The molecule has 1 fully saturated rings. The Morgan fingerprint density at radius 2 is 1.79 bits per heavy atom. The second-order valence-electron chi connectivity index (χ2n) is 8.33. The zero-order valence-corrected chi connectivity index (χ0v) is 20.0. The van der Waals surface area contributed by atoms with E-state index in [0.717, 1.165) is 31.5 Å². The van der Waals surface area contributed by atoms with Gasteiger partial charge in [-0.25, -0.2) is 15.0 Å². The average molecular weight is 495 g/mol. The average Bonchev–Trinajstić information content (AvgIpc) is 3.27. The van der Waals surface area contributed by atoms with Gasteiger partial charge in [0.1, 0.15) is 5.65 Å². The summed E-state index contributed by atoms with van der Waals surface area (Å²) >= 11 is 12.8. The Kier molecular flexibility index (Phi) is 6.76. The van der Waals surface area contributed by atoms with Gasteiger partial charge in [-0.3, -0.25) is 14.3 Å². The van der Waals surface area contributed by atoms with Crippen molar-refractivity contribution in [2.45, 2.75) is 25.3 Å². The molecular formula is C25H24Cl2N6O. The zero-order valence-electron chi connectivity index (χ0n) is 18.5. The van der Waals surface area contributed by atoms with Gasteiger partial charge in [0.05, 0.1) is 22.0 Å². The number of nitrogens with one attached hydrogen (secondary N) is 1. The van der Waals surface area contributed by atoms with Crippen LogP contribution in [0.25, 0.3) is 17.0 Å². The lowest BCUT2D eigenvalue weighted by atomic mass is 10.0. The van der Waals surface area contributed by atoms with E-state index >= 15 is 0 Å². The number of nitrogens with zero attached hydrogens (tertiary/aromatic N) is 5. The van der Waals surface area contributed by atoms with Crippen LogP contribution in [0.2, 0.25) is 10.0 Å². The van der Waals surface area contributed by atoms with Crippen LogP contribution in [0.3, 0.4) is 0 Å². The molecule has 0 saturated carbocycles. The SMILES string of the molecule is O=C(NCC(c1cccc(Cl)c1)N1CCCCC1)c1cn(-c2ncccn2)c2nccc(Cl)c12. The Hall–Kier alpha value is -3.00. The van der Waals surface area contributed by atoms with Crippen LogP contribution in [0, 0.1) is 0 Å². The van der Waals surface area contributed by atoms with Gasteiger partial charge < -0.3 is 5.32 Å². The number of hydrogen-bond acceptors (Lipinski definition) is 5. The summed E-state index contributed by atoms with van der Waals surface area (Å²) in [5, 5.41) is 4.85. The Labute approximate surface area is 207 Å². The van der Waals surface area contributed by atoms with Gasteiger partial charge in [-0.1, -0.05) is 41.8 Å². The van der Waals surface area contributed by atoms with E-state index < -0.39 is 0 Å². The highest BCUT2D eigenvalue weighted by atomic mass is 35.5. The lowest BCUT2D eigenvalue weighted by Crippen LogP contribution is -2.40. The van der Waals surface area contributed by atoms with Gasteiger partial charge in [-0.2, -0.15) is 0 Å². The fraction of sp³-hybridized carbons (Fsp3) is 0.280. The maximum absolute atomic E-state index is 13.4. The first-order valence-corrected chi connectivity index (χ1v) is 12.1. The predicted molar refractivity (Wildman–Crippen MR) is 134 cm³/mol.